The maximum Gasteiger partial charge on any atom is 0.155 e. The molecular formula is C10H20O3S2. The van der Waals surface area contributed by atoms with Crippen LogP contribution in [0, 0.1) is 0 Å². The fourth-order valence-corrected chi connectivity index (χ4v) is 4.22. The molecule has 0 spiro atoms. The first-order valence-electron chi connectivity index (χ1n) is 5.37. The van der Waals surface area contributed by atoms with E-state index in [1.54, 1.807) is 0 Å². The van der Waals surface area contributed by atoms with Crippen LogP contribution >= 0.6 is 23.5 Å². The van der Waals surface area contributed by atoms with Crippen molar-refractivity contribution >= 4 is 23.5 Å². The van der Waals surface area contributed by atoms with Crippen molar-refractivity contribution < 1.29 is 14.6 Å². The summed E-state index contributed by atoms with van der Waals surface area (Å²) < 4.78 is 11.2. The van der Waals surface area contributed by atoms with E-state index in [1.807, 2.05) is 30.4 Å². The van der Waals surface area contributed by atoms with Gasteiger partial charge in [0.15, 0.2) is 6.29 Å². The number of hydrogen-bond acceptors (Lipinski definition) is 5. The van der Waals surface area contributed by atoms with E-state index < -0.39 is 6.10 Å². The molecule has 1 saturated heterocycles. The van der Waals surface area contributed by atoms with Gasteiger partial charge in [-0.1, -0.05) is 13.8 Å². The minimum atomic E-state index is -0.496. The molecule has 0 unspecified atom stereocenters. The number of aliphatic hydroxyl groups excluding tert-OH is 1. The summed E-state index contributed by atoms with van der Waals surface area (Å²) in [5.41, 5.74) is 0. The zero-order valence-corrected chi connectivity index (χ0v) is 11.1. The molecule has 1 heterocycles. The van der Waals surface area contributed by atoms with Crippen molar-refractivity contribution in [3.05, 3.63) is 0 Å². The summed E-state index contributed by atoms with van der Waals surface area (Å²) in [5, 5.41) is 9.83. The van der Waals surface area contributed by atoms with Gasteiger partial charge in [0.1, 0.15) is 12.2 Å². The Hall–Kier alpha value is 0.580. The van der Waals surface area contributed by atoms with Crippen LogP contribution in [0.5, 0.6) is 0 Å². The lowest BCUT2D eigenvalue weighted by atomic mass is 10.2. The first-order valence-corrected chi connectivity index (χ1v) is 7.47. The minimum Gasteiger partial charge on any atom is -0.388 e. The fourth-order valence-electron chi connectivity index (χ4n) is 1.49. The Morgan fingerprint density at radius 1 is 1.33 bits per heavy atom. The maximum atomic E-state index is 9.83. The van der Waals surface area contributed by atoms with Gasteiger partial charge in [-0.25, -0.2) is 0 Å². The summed E-state index contributed by atoms with van der Waals surface area (Å²) in [6, 6.07) is 0. The molecule has 0 bridgehead atoms. The molecule has 1 aliphatic rings. The quantitative estimate of drug-likeness (QED) is 0.757. The zero-order chi connectivity index (χ0) is 11.3. The van der Waals surface area contributed by atoms with Gasteiger partial charge in [0.25, 0.3) is 0 Å². The first-order chi connectivity index (χ1) is 7.19. The van der Waals surface area contributed by atoms with E-state index in [0.717, 1.165) is 11.5 Å². The molecule has 15 heavy (non-hydrogen) atoms. The second-order valence-corrected chi connectivity index (χ2v) is 6.48. The Kier molecular flexibility index (Phi) is 6.38. The topological polar surface area (TPSA) is 38.7 Å². The van der Waals surface area contributed by atoms with Crippen LogP contribution in [0.1, 0.15) is 20.8 Å². The number of ether oxygens (including phenoxy) is 2. The molecule has 3 nitrogen and oxygen atoms in total. The van der Waals surface area contributed by atoms with E-state index in [4.69, 9.17) is 9.47 Å². The molecule has 0 aromatic heterocycles. The molecule has 0 amide bonds. The second kappa shape index (κ2) is 7.01. The van der Waals surface area contributed by atoms with Gasteiger partial charge in [-0.15, -0.1) is 23.5 Å². The predicted octanol–water partition coefficient (Wildman–Crippen LogP) is 1.94. The van der Waals surface area contributed by atoms with Crippen LogP contribution in [0.2, 0.25) is 0 Å². The Labute approximate surface area is 100 Å². The third-order valence-corrected chi connectivity index (χ3v) is 4.84. The number of hydrogen-bond donors (Lipinski definition) is 1. The smallest absolute Gasteiger partial charge is 0.155 e. The van der Waals surface area contributed by atoms with Crippen molar-refractivity contribution in [2.45, 2.75) is 43.9 Å². The number of thioether (sulfide) groups is 2. The SMILES string of the molecule is CCSC(SCC)[C@@H]1O[C@H](C)OC[C@H]1O. The highest BCUT2D eigenvalue weighted by atomic mass is 32.2. The van der Waals surface area contributed by atoms with Gasteiger partial charge in [-0.05, 0) is 18.4 Å². The van der Waals surface area contributed by atoms with Crippen molar-refractivity contribution in [2.75, 3.05) is 18.1 Å². The highest BCUT2D eigenvalue weighted by molar-refractivity contribution is 8.17. The van der Waals surface area contributed by atoms with E-state index in [1.165, 1.54) is 0 Å². The van der Waals surface area contributed by atoms with Crippen molar-refractivity contribution in [3.8, 4) is 0 Å². The highest BCUT2D eigenvalue weighted by Gasteiger charge is 2.34. The van der Waals surface area contributed by atoms with E-state index >= 15 is 0 Å². The standard InChI is InChI=1S/C10H20O3S2/c1-4-14-10(15-5-2)9-8(11)6-12-7(3)13-9/h7-11H,4-6H2,1-3H3/t7-,8-,9-/m1/s1. The highest BCUT2D eigenvalue weighted by Crippen LogP contribution is 2.32. The molecule has 1 N–H and O–H groups in total. The normalized spacial score (nSPS) is 32.2. The average Bonchev–Trinajstić information content (AvgIpc) is 2.21. The van der Waals surface area contributed by atoms with Crippen molar-refractivity contribution in [1.82, 2.24) is 0 Å². The third kappa shape index (κ3) is 4.15. The predicted molar refractivity (Wildman–Crippen MR) is 66.3 cm³/mol. The zero-order valence-electron chi connectivity index (χ0n) is 9.51. The third-order valence-electron chi connectivity index (χ3n) is 2.16. The minimum absolute atomic E-state index is 0.108. The number of aliphatic hydroxyl groups is 1. The average molecular weight is 252 g/mol. The first kappa shape index (κ1) is 13.6. The summed E-state index contributed by atoms with van der Waals surface area (Å²) in [6.45, 7) is 6.52. The van der Waals surface area contributed by atoms with Gasteiger partial charge in [0, 0.05) is 0 Å². The summed E-state index contributed by atoms with van der Waals surface area (Å²) in [5.74, 6) is 2.08. The van der Waals surface area contributed by atoms with Crippen LogP contribution in [0.3, 0.4) is 0 Å². The molecule has 1 fully saturated rings. The molecule has 5 heteroatoms. The van der Waals surface area contributed by atoms with Crippen molar-refractivity contribution in [3.63, 3.8) is 0 Å². The van der Waals surface area contributed by atoms with Gasteiger partial charge < -0.3 is 14.6 Å². The van der Waals surface area contributed by atoms with Gasteiger partial charge in [-0.3, -0.25) is 0 Å². The molecule has 0 aromatic rings. The molecule has 1 rings (SSSR count). The van der Waals surface area contributed by atoms with Crippen LogP contribution in [-0.4, -0.2) is 46.3 Å². The molecular weight excluding hydrogens is 232 g/mol. The Morgan fingerprint density at radius 2 is 1.93 bits per heavy atom. The monoisotopic (exact) mass is 252 g/mol. The number of rotatable bonds is 5. The maximum absolute atomic E-state index is 9.83. The molecule has 0 aromatic carbocycles. The van der Waals surface area contributed by atoms with Crippen LogP contribution in [-0.2, 0) is 9.47 Å². The molecule has 90 valence electrons. The molecule has 0 saturated carbocycles. The lowest BCUT2D eigenvalue weighted by molar-refractivity contribution is -0.239. The van der Waals surface area contributed by atoms with E-state index in [9.17, 15) is 5.11 Å². The summed E-state index contributed by atoms with van der Waals surface area (Å²) >= 11 is 3.67. The molecule has 1 aliphatic heterocycles. The van der Waals surface area contributed by atoms with Gasteiger partial charge in [-0.2, -0.15) is 0 Å². The van der Waals surface area contributed by atoms with Gasteiger partial charge in [0.05, 0.1) is 11.2 Å². The Morgan fingerprint density at radius 3 is 2.47 bits per heavy atom. The molecule has 0 aliphatic carbocycles. The largest absolute Gasteiger partial charge is 0.388 e. The molecule has 0 radical (unpaired) electrons. The van der Waals surface area contributed by atoms with Crippen molar-refractivity contribution in [2.24, 2.45) is 0 Å². The van der Waals surface area contributed by atoms with Crippen LogP contribution < -0.4 is 0 Å². The molecule has 3 atom stereocenters. The van der Waals surface area contributed by atoms with E-state index in [-0.39, 0.29) is 12.4 Å². The lowest BCUT2D eigenvalue weighted by Gasteiger charge is -2.36. The van der Waals surface area contributed by atoms with E-state index in [0.29, 0.717) is 11.2 Å². The Balaban J connectivity index is 2.54. The Bertz CT molecular complexity index is 174. The van der Waals surface area contributed by atoms with Gasteiger partial charge in [0.2, 0.25) is 0 Å². The van der Waals surface area contributed by atoms with E-state index in [2.05, 4.69) is 13.8 Å². The fraction of sp³-hybridized carbons (Fsp3) is 1.00. The summed E-state index contributed by atoms with van der Waals surface area (Å²) in [4.78, 5) is 0. The summed E-state index contributed by atoms with van der Waals surface area (Å²) in [7, 11) is 0. The second-order valence-electron chi connectivity index (χ2n) is 3.35. The van der Waals surface area contributed by atoms with Crippen LogP contribution in [0.15, 0.2) is 0 Å². The van der Waals surface area contributed by atoms with Gasteiger partial charge >= 0.3 is 0 Å². The van der Waals surface area contributed by atoms with Crippen molar-refractivity contribution in [1.29, 1.82) is 0 Å². The lowest BCUT2D eigenvalue weighted by Crippen LogP contribution is -2.47. The van der Waals surface area contributed by atoms with Crippen LogP contribution in [0.4, 0.5) is 0 Å². The van der Waals surface area contributed by atoms with Crippen LogP contribution in [0.25, 0.3) is 0 Å². The summed E-state index contributed by atoms with van der Waals surface area (Å²) in [6.07, 6.45) is -0.802.